The number of rotatable bonds is 1. The van der Waals surface area contributed by atoms with E-state index in [2.05, 4.69) is 104 Å². The fourth-order valence-electron chi connectivity index (χ4n) is 7.85. The van der Waals surface area contributed by atoms with Gasteiger partial charge in [0.1, 0.15) is 0 Å². The van der Waals surface area contributed by atoms with Crippen molar-refractivity contribution < 1.29 is 0 Å². The first-order valence-electron chi connectivity index (χ1n) is 13.6. The van der Waals surface area contributed by atoms with E-state index in [1.54, 1.807) is 5.56 Å². The molecule has 3 heterocycles. The second-order valence-electron chi connectivity index (χ2n) is 11.6. The summed E-state index contributed by atoms with van der Waals surface area (Å²) in [6.45, 7) is 5.11. The van der Waals surface area contributed by atoms with Crippen LogP contribution in [0.15, 0.2) is 94.7 Å². The highest BCUT2D eigenvalue weighted by Crippen LogP contribution is 2.51. The van der Waals surface area contributed by atoms with Crippen LogP contribution in [0.5, 0.6) is 0 Å². The predicted molar refractivity (Wildman–Crippen MR) is 154 cm³/mol. The van der Waals surface area contributed by atoms with Crippen molar-refractivity contribution in [3.63, 3.8) is 0 Å². The zero-order valence-corrected chi connectivity index (χ0v) is 21.8. The molecule has 0 bridgehead atoms. The number of fused-ring (bicyclic) bond motifs is 7. The lowest BCUT2D eigenvalue weighted by Gasteiger charge is -2.42. The van der Waals surface area contributed by atoms with Crippen molar-refractivity contribution in [2.75, 3.05) is 4.90 Å². The highest BCUT2D eigenvalue weighted by molar-refractivity contribution is 8.00. The fourth-order valence-corrected chi connectivity index (χ4v) is 9.05. The number of benzene rings is 4. The third-order valence-corrected chi connectivity index (χ3v) is 10.6. The summed E-state index contributed by atoms with van der Waals surface area (Å²) in [5, 5.41) is 0. The standard InChI is InChI=1S/C33H30BNS/c1-33(2)24-12-5-6-14-26(24)34-27-19-18-21(20-31(27)36-30-17-9-13-25(33)32(30)34)35-28-15-7-3-10-22(28)23-11-4-8-16-29(23)35/h3,5-7,9-10,12-15,17-20,23,29H,4,8,11,16H2,1-2H3. The Morgan fingerprint density at radius 3 is 2.53 bits per heavy atom. The Hall–Kier alpha value is -2.91. The molecule has 4 aromatic rings. The Kier molecular flexibility index (Phi) is 4.45. The zero-order valence-electron chi connectivity index (χ0n) is 21.0. The molecule has 1 fully saturated rings. The van der Waals surface area contributed by atoms with Crippen LogP contribution in [0.2, 0.25) is 0 Å². The summed E-state index contributed by atoms with van der Waals surface area (Å²) < 4.78 is 0. The molecule has 0 aromatic heterocycles. The minimum atomic E-state index is 0.0195. The maximum absolute atomic E-state index is 2.68. The molecular weight excluding hydrogens is 453 g/mol. The van der Waals surface area contributed by atoms with Gasteiger partial charge in [0.05, 0.1) is 0 Å². The summed E-state index contributed by atoms with van der Waals surface area (Å²) in [7, 11) is 0. The topological polar surface area (TPSA) is 3.24 Å². The number of para-hydroxylation sites is 1. The van der Waals surface area contributed by atoms with Crippen LogP contribution in [0.1, 0.15) is 62.1 Å². The van der Waals surface area contributed by atoms with Gasteiger partial charge in [-0.05, 0) is 53.8 Å². The molecule has 2 unspecified atom stereocenters. The Morgan fingerprint density at radius 2 is 1.58 bits per heavy atom. The summed E-state index contributed by atoms with van der Waals surface area (Å²) in [5.74, 6) is 0.675. The van der Waals surface area contributed by atoms with Gasteiger partial charge in [-0.2, -0.15) is 0 Å². The van der Waals surface area contributed by atoms with Gasteiger partial charge in [0.2, 0.25) is 6.71 Å². The molecule has 0 N–H and O–H groups in total. The third-order valence-electron chi connectivity index (χ3n) is 9.44. The van der Waals surface area contributed by atoms with Crippen molar-refractivity contribution in [2.24, 2.45) is 0 Å². The first-order chi connectivity index (χ1) is 17.6. The Labute approximate surface area is 219 Å². The largest absolute Gasteiger partial charge is 0.337 e. The van der Waals surface area contributed by atoms with Crippen LogP contribution in [-0.2, 0) is 5.41 Å². The Bertz CT molecular complexity index is 1540. The molecule has 36 heavy (non-hydrogen) atoms. The molecule has 3 heteroatoms. The normalized spacial score (nSPS) is 22.3. The fraction of sp³-hybridized carbons (Fsp3) is 0.273. The molecular formula is C33H30BNS. The molecule has 0 spiro atoms. The highest BCUT2D eigenvalue weighted by Gasteiger charge is 2.45. The lowest BCUT2D eigenvalue weighted by molar-refractivity contribution is 0.402. The monoisotopic (exact) mass is 483 g/mol. The SMILES string of the molecule is CC1(C)c2ccccc2B2c3ccc(N4c5ccccc5C5CCCCC54)cc3Sc3cccc1c32. The summed E-state index contributed by atoms with van der Waals surface area (Å²) >= 11 is 1.98. The summed E-state index contributed by atoms with van der Waals surface area (Å²) in [6.07, 6.45) is 5.32. The van der Waals surface area contributed by atoms with E-state index in [1.165, 1.54) is 74.4 Å². The number of nitrogens with zero attached hydrogens (tertiary/aromatic N) is 1. The molecule has 8 rings (SSSR count). The highest BCUT2D eigenvalue weighted by atomic mass is 32.2. The first kappa shape index (κ1) is 21.2. The lowest BCUT2D eigenvalue weighted by Crippen LogP contribution is -2.62. The first-order valence-corrected chi connectivity index (χ1v) is 14.4. The molecule has 176 valence electrons. The second kappa shape index (κ2) is 7.55. The smallest absolute Gasteiger partial charge is 0.244 e. The van der Waals surface area contributed by atoms with Gasteiger partial charge in [-0.3, -0.25) is 0 Å². The molecule has 2 atom stereocenters. The van der Waals surface area contributed by atoms with Crippen molar-refractivity contribution in [1.82, 2.24) is 0 Å². The number of hydrogen-bond acceptors (Lipinski definition) is 2. The average molecular weight is 483 g/mol. The third kappa shape index (κ3) is 2.76. The van der Waals surface area contributed by atoms with Crippen LogP contribution in [0.3, 0.4) is 0 Å². The van der Waals surface area contributed by atoms with Gasteiger partial charge in [-0.15, -0.1) is 0 Å². The van der Waals surface area contributed by atoms with Crippen molar-refractivity contribution in [3.05, 3.63) is 102 Å². The maximum Gasteiger partial charge on any atom is 0.244 e. The molecule has 1 nitrogen and oxygen atoms in total. The van der Waals surface area contributed by atoms with Crippen molar-refractivity contribution in [3.8, 4) is 0 Å². The van der Waals surface area contributed by atoms with E-state index >= 15 is 0 Å². The lowest BCUT2D eigenvalue weighted by atomic mass is 9.31. The van der Waals surface area contributed by atoms with Gasteiger partial charge in [0.25, 0.3) is 0 Å². The van der Waals surface area contributed by atoms with Gasteiger partial charge in [0.15, 0.2) is 0 Å². The Morgan fingerprint density at radius 1 is 0.778 bits per heavy atom. The van der Waals surface area contributed by atoms with Crippen LogP contribution in [0.25, 0.3) is 0 Å². The minimum absolute atomic E-state index is 0.0195. The van der Waals surface area contributed by atoms with Gasteiger partial charge in [0, 0.05) is 38.5 Å². The van der Waals surface area contributed by atoms with Gasteiger partial charge >= 0.3 is 0 Å². The molecule has 0 radical (unpaired) electrons. The molecule has 0 amide bonds. The molecule has 3 aliphatic heterocycles. The van der Waals surface area contributed by atoms with Crippen LogP contribution >= 0.6 is 11.8 Å². The van der Waals surface area contributed by atoms with E-state index in [0.717, 1.165) is 0 Å². The van der Waals surface area contributed by atoms with Crippen LogP contribution in [0.4, 0.5) is 11.4 Å². The van der Waals surface area contributed by atoms with Crippen LogP contribution in [0, 0.1) is 0 Å². The molecule has 0 saturated heterocycles. The van der Waals surface area contributed by atoms with Crippen LogP contribution < -0.4 is 21.3 Å². The summed E-state index contributed by atoms with van der Waals surface area (Å²) in [5.41, 5.74) is 11.8. The van der Waals surface area contributed by atoms with Crippen molar-refractivity contribution in [1.29, 1.82) is 0 Å². The molecule has 4 aliphatic rings. The van der Waals surface area contributed by atoms with Gasteiger partial charge in [-0.1, -0.05) is 116 Å². The summed E-state index contributed by atoms with van der Waals surface area (Å²) in [4.78, 5) is 5.54. The zero-order chi connectivity index (χ0) is 24.0. The van der Waals surface area contributed by atoms with E-state index in [4.69, 9.17) is 0 Å². The van der Waals surface area contributed by atoms with E-state index in [9.17, 15) is 0 Å². The summed E-state index contributed by atoms with van der Waals surface area (Å²) in [6, 6.07) is 33.3. The predicted octanol–water partition coefficient (Wildman–Crippen LogP) is 6.48. The molecule has 1 saturated carbocycles. The molecule has 1 aliphatic carbocycles. The van der Waals surface area contributed by atoms with E-state index < -0.39 is 0 Å². The van der Waals surface area contributed by atoms with Crippen molar-refractivity contribution in [2.45, 2.75) is 66.7 Å². The number of anilines is 2. The minimum Gasteiger partial charge on any atom is -0.337 e. The quantitative estimate of drug-likeness (QED) is 0.251. The van der Waals surface area contributed by atoms with Crippen LogP contribution in [-0.4, -0.2) is 12.8 Å². The van der Waals surface area contributed by atoms with Crippen molar-refractivity contribution >= 4 is 46.2 Å². The van der Waals surface area contributed by atoms with Gasteiger partial charge in [-0.25, -0.2) is 0 Å². The van der Waals surface area contributed by atoms with E-state index in [0.29, 0.717) is 18.7 Å². The van der Waals surface area contributed by atoms with Gasteiger partial charge < -0.3 is 4.90 Å². The molecule has 4 aromatic carbocycles. The van der Waals surface area contributed by atoms with E-state index in [-0.39, 0.29) is 5.41 Å². The van der Waals surface area contributed by atoms with E-state index in [1.807, 2.05) is 11.8 Å². The maximum atomic E-state index is 2.68. The second-order valence-corrected chi connectivity index (χ2v) is 12.7. The Balaban J connectivity index is 1.30. The average Bonchev–Trinajstić information content (AvgIpc) is 3.25. The number of hydrogen-bond donors (Lipinski definition) is 0.